The van der Waals surface area contributed by atoms with Crippen molar-refractivity contribution in [3.8, 4) is 5.75 Å². The normalized spacial score (nSPS) is 10.4. The summed E-state index contributed by atoms with van der Waals surface area (Å²) in [4.78, 5) is 11.5. The van der Waals surface area contributed by atoms with E-state index < -0.39 is 0 Å². The molecule has 0 unspecified atom stereocenters. The Kier molecular flexibility index (Phi) is 6.20. The largest absolute Gasteiger partial charge is 0.497 e. The van der Waals surface area contributed by atoms with Crippen molar-refractivity contribution in [2.75, 3.05) is 30.4 Å². The van der Waals surface area contributed by atoms with Crippen molar-refractivity contribution in [2.45, 2.75) is 33.6 Å². The third-order valence-corrected chi connectivity index (χ3v) is 3.45. The lowest BCUT2D eigenvalue weighted by Crippen LogP contribution is -2.27. The van der Waals surface area contributed by atoms with Crippen LogP contribution in [0.4, 0.5) is 17.5 Å². The summed E-state index contributed by atoms with van der Waals surface area (Å²) < 4.78 is 5.26. The van der Waals surface area contributed by atoms with Crippen LogP contribution in [-0.4, -0.2) is 30.2 Å². The van der Waals surface area contributed by atoms with E-state index in [2.05, 4.69) is 34.0 Å². The van der Waals surface area contributed by atoms with Crippen LogP contribution in [0.15, 0.2) is 30.3 Å². The zero-order valence-corrected chi connectivity index (χ0v) is 14.5. The van der Waals surface area contributed by atoms with Gasteiger partial charge < -0.3 is 15.0 Å². The predicted molar refractivity (Wildman–Crippen MR) is 95.8 cm³/mol. The maximum atomic E-state index is 5.26. The van der Waals surface area contributed by atoms with E-state index in [1.54, 1.807) is 7.11 Å². The lowest BCUT2D eigenvalue weighted by Gasteiger charge is -2.22. The van der Waals surface area contributed by atoms with Crippen molar-refractivity contribution in [3.63, 3.8) is 0 Å². The molecule has 1 aromatic heterocycles. The zero-order valence-electron chi connectivity index (χ0n) is 14.5. The SMILES string of the molecule is CCCN(CCC)c1nc(C)cc(Nc2cccc(OC)c2)n1. The van der Waals surface area contributed by atoms with Gasteiger partial charge in [-0.1, -0.05) is 19.9 Å². The minimum atomic E-state index is 0.791. The summed E-state index contributed by atoms with van der Waals surface area (Å²) >= 11 is 0. The molecule has 0 atom stereocenters. The van der Waals surface area contributed by atoms with E-state index in [1.807, 2.05) is 37.3 Å². The highest BCUT2D eigenvalue weighted by Gasteiger charge is 2.10. The molecular weight excluding hydrogens is 288 g/mol. The van der Waals surface area contributed by atoms with Gasteiger partial charge in [-0.05, 0) is 31.9 Å². The molecule has 5 heteroatoms. The second kappa shape index (κ2) is 8.36. The molecule has 1 heterocycles. The lowest BCUT2D eigenvalue weighted by molar-refractivity contribution is 0.415. The highest BCUT2D eigenvalue weighted by Crippen LogP contribution is 2.22. The monoisotopic (exact) mass is 314 g/mol. The molecule has 5 nitrogen and oxygen atoms in total. The molecule has 0 spiro atoms. The molecule has 1 aromatic carbocycles. The molecule has 0 fully saturated rings. The molecule has 2 rings (SSSR count). The van der Waals surface area contributed by atoms with Crippen LogP contribution in [-0.2, 0) is 0 Å². The van der Waals surface area contributed by atoms with Gasteiger partial charge >= 0.3 is 0 Å². The minimum Gasteiger partial charge on any atom is -0.497 e. The zero-order chi connectivity index (χ0) is 16.7. The number of benzene rings is 1. The van der Waals surface area contributed by atoms with Crippen molar-refractivity contribution >= 4 is 17.5 Å². The topological polar surface area (TPSA) is 50.3 Å². The molecule has 124 valence electrons. The van der Waals surface area contributed by atoms with Crippen LogP contribution in [0.5, 0.6) is 5.75 Å². The van der Waals surface area contributed by atoms with Gasteiger partial charge in [-0.25, -0.2) is 4.98 Å². The molecule has 0 aliphatic carbocycles. The molecule has 1 N–H and O–H groups in total. The van der Waals surface area contributed by atoms with Crippen LogP contribution in [0.3, 0.4) is 0 Å². The molecule has 0 radical (unpaired) electrons. The van der Waals surface area contributed by atoms with Crippen LogP contribution < -0.4 is 15.0 Å². The molecule has 2 aromatic rings. The number of ether oxygens (including phenoxy) is 1. The fourth-order valence-corrected chi connectivity index (χ4v) is 2.46. The summed E-state index contributed by atoms with van der Waals surface area (Å²) in [5.41, 5.74) is 1.91. The first kappa shape index (κ1) is 17.1. The van der Waals surface area contributed by atoms with E-state index in [0.29, 0.717) is 0 Å². The van der Waals surface area contributed by atoms with E-state index in [-0.39, 0.29) is 0 Å². The number of hydrogen-bond donors (Lipinski definition) is 1. The number of aryl methyl sites for hydroxylation is 1. The average Bonchev–Trinajstić information content (AvgIpc) is 2.54. The number of anilines is 3. The first-order chi connectivity index (χ1) is 11.2. The summed E-state index contributed by atoms with van der Waals surface area (Å²) in [5, 5.41) is 3.34. The number of hydrogen-bond acceptors (Lipinski definition) is 5. The fourth-order valence-electron chi connectivity index (χ4n) is 2.46. The van der Waals surface area contributed by atoms with Gasteiger partial charge in [0.15, 0.2) is 0 Å². The molecule has 23 heavy (non-hydrogen) atoms. The maximum absolute atomic E-state index is 5.26. The highest BCUT2D eigenvalue weighted by atomic mass is 16.5. The van der Waals surface area contributed by atoms with E-state index in [1.165, 1.54) is 0 Å². The van der Waals surface area contributed by atoms with Crippen LogP contribution in [0, 0.1) is 6.92 Å². The lowest BCUT2D eigenvalue weighted by atomic mass is 10.3. The fraction of sp³-hybridized carbons (Fsp3) is 0.444. The number of nitrogens with zero attached hydrogens (tertiary/aromatic N) is 3. The predicted octanol–water partition coefficient (Wildman–Crippen LogP) is 4.16. The number of rotatable bonds is 8. The van der Waals surface area contributed by atoms with Gasteiger partial charge in [0, 0.05) is 36.6 Å². The summed E-state index contributed by atoms with van der Waals surface area (Å²) in [6.07, 6.45) is 2.16. The maximum Gasteiger partial charge on any atom is 0.227 e. The van der Waals surface area contributed by atoms with Crippen molar-refractivity contribution in [3.05, 3.63) is 36.0 Å². The smallest absolute Gasteiger partial charge is 0.227 e. The van der Waals surface area contributed by atoms with Gasteiger partial charge in [-0.15, -0.1) is 0 Å². The van der Waals surface area contributed by atoms with Crippen molar-refractivity contribution in [2.24, 2.45) is 0 Å². The molecule has 0 aliphatic heterocycles. The molecule has 0 aliphatic rings. The van der Waals surface area contributed by atoms with Crippen LogP contribution in [0.25, 0.3) is 0 Å². The van der Waals surface area contributed by atoms with E-state index in [0.717, 1.165) is 54.8 Å². The third-order valence-electron chi connectivity index (χ3n) is 3.45. The van der Waals surface area contributed by atoms with E-state index in [4.69, 9.17) is 4.74 Å². The number of methoxy groups -OCH3 is 1. The van der Waals surface area contributed by atoms with E-state index >= 15 is 0 Å². The standard InChI is InChI=1S/C18H26N4O/c1-5-10-22(11-6-2)18-19-14(3)12-17(21-18)20-15-8-7-9-16(13-15)23-4/h7-9,12-13H,5-6,10-11H2,1-4H3,(H,19,20,21). The Bertz CT molecular complexity index is 624. The Morgan fingerprint density at radius 2 is 1.83 bits per heavy atom. The molecular formula is C18H26N4O. The molecule has 0 bridgehead atoms. The van der Waals surface area contributed by atoms with Crippen LogP contribution in [0.2, 0.25) is 0 Å². The number of nitrogens with one attached hydrogen (secondary N) is 1. The van der Waals surface area contributed by atoms with Crippen molar-refractivity contribution in [1.29, 1.82) is 0 Å². The van der Waals surface area contributed by atoms with Gasteiger partial charge in [0.05, 0.1) is 7.11 Å². The highest BCUT2D eigenvalue weighted by molar-refractivity contribution is 5.59. The van der Waals surface area contributed by atoms with Crippen LogP contribution in [0.1, 0.15) is 32.4 Å². The van der Waals surface area contributed by atoms with Crippen LogP contribution >= 0.6 is 0 Å². The van der Waals surface area contributed by atoms with Gasteiger partial charge in [0.25, 0.3) is 0 Å². The summed E-state index contributed by atoms with van der Waals surface area (Å²) in [6.45, 7) is 8.28. The number of aromatic nitrogens is 2. The summed E-state index contributed by atoms with van der Waals surface area (Å²) in [5.74, 6) is 2.41. The Balaban J connectivity index is 2.25. The van der Waals surface area contributed by atoms with Gasteiger partial charge in [-0.2, -0.15) is 4.98 Å². The first-order valence-corrected chi connectivity index (χ1v) is 8.18. The van der Waals surface area contributed by atoms with Gasteiger partial charge in [0.1, 0.15) is 11.6 Å². The van der Waals surface area contributed by atoms with E-state index in [9.17, 15) is 0 Å². The first-order valence-electron chi connectivity index (χ1n) is 8.18. The van der Waals surface area contributed by atoms with Crippen molar-refractivity contribution in [1.82, 2.24) is 9.97 Å². The summed E-state index contributed by atoms with van der Waals surface area (Å²) in [6, 6.07) is 9.78. The second-order valence-electron chi connectivity index (χ2n) is 5.54. The summed E-state index contributed by atoms with van der Waals surface area (Å²) in [7, 11) is 1.67. The van der Waals surface area contributed by atoms with Gasteiger partial charge in [-0.3, -0.25) is 0 Å². The molecule has 0 saturated heterocycles. The third kappa shape index (κ3) is 4.84. The Labute approximate surface area is 138 Å². The van der Waals surface area contributed by atoms with Gasteiger partial charge in [0.2, 0.25) is 5.95 Å². The minimum absolute atomic E-state index is 0.791. The average molecular weight is 314 g/mol. The molecule has 0 amide bonds. The molecule has 0 saturated carbocycles. The quantitative estimate of drug-likeness (QED) is 0.792. The Morgan fingerprint density at radius 1 is 1.09 bits per heavy atom. The second-order valence-corrected chi connectivity index (χ2v) is 5.54. The Hall–Kier alpha value is -2.30. The Morgan fingerprint density at radius 3 is 2.48 bits per heavy atom. The van der Waals surface area contributed by atoms with Crippen molar-refractivity contribution < 1.29 is 4.74 Å².